The maximum absolute atomic E-state index is 4.02. The first-order valence-electron chi connectivity index (χ1n) is 5.71. The summed E-state index contributed by atoms with van der Waals surface area (Å²) in [6.45, 7) is 4.61. The van der Waals surface area contributed by atoms with Gasteiger partial charge in [-0.25, -0.2) is 0 Å². The van der Waals surface area contributed by atoms with Gasteiger partial charge in [0, 0.05) is 12.4 Å². The van der Waals surface area contributed by atoms with Crippen molar-refractivity contribution in [2.24, 2.45) is 5.92 Å². The van der Waals surface area contributed by atoms with Crippen LogP contribution in [0.25, 0.3) is 0 Å². The van der Waals surface area contributed by atoms with Gasteiger partial charge in [-0.05, 0) is 36.5 Å². The number of hydrogen-bond donors (Lipinski definition) is 0. The van der Waals surface area contributed by atoms with Gasteiger partial charge in [-0.15, -0.1) is 0 Å². The largest absolute Gasteiger partial charge is 0.265 e. The molecule has 1 unspecified atom stereocenters. The second kappa shape index (κ2) is 6.58. The molecule has 0 fully saturated rings. The van der Waals surface area contributed by atoms with Gasteiger partial charge in [-0.1, -0.05) is 33.1 Å². The molecular weight excluding hydrogens is 170 g/mol. The monoisotopic (exact) mass is 191 g/mol. The minimum Gasteiger partial charge on any atom is -0.265 e. The maximum atomic E-state index is 4.02. The van der Waals surface area contributed by atoms with E-state index in [2.05, 4.69) is 31.0 Å². The lowest BCUT2D eigenvalue weighted by Crippen LogP contribution is -1.93. The zero-order valence-corrected chi connectivity index (χ0v) is 9.37. The molecule has 0 aromatic carbocycles. The molecule has 0 aliphatic heterocycles. The SMILES string of the molecule is CCC(C)CCCCc1ccncc1. The molecule has 0 saturated heterocycles. The summed E-state index contributed by atoms with van der Waals surface area (Å²) in [5, 5.41) is 0. The van der Waals surface area contributed by atoms with Crippen molar-refractivity contribution < 1.29 is 0 Å². The summed E-state index contributed by atoms with van der Waals surface area (Å²) in [6.07, 6.45) is 10.3. The number of aromatic nitrogens is 1. The highest BCUT2D eigenvalue weighted by molar-refractivity contribution is 5.09. The Bertz CT molecular complexity index is 230. The predicted molar refractivity (Wildman–Crippen MR) is 61.2 cm³/mol. The Hall–Kier alpha value is -0.850. The van der Waals surface area contributed by atoms with Crippen molar-refractivity contribution >= 4 is 0 Å². The molecule has 1 nitrogen and oxygen atoms in total. The van der Waals surface area contributed by atoms with E-state index in [-0.39, 0.29) is 0 Å². The molecule has 0 bridgehead atoms. The lowest BCUT2D eigenvalue weighted by molar-refractivity contribution is 0.484. The van der Waals surface area contributed by atoms with Crippen molar-refractivity contribution in [2.75, 3.05) is 0 Å². The molecule has 1 atom stereocenters. The molecule has 14 heavy (non-hydrogen) atoms. The second-order valence-corrected chi connectivity index (χ2v) is 4.11. The normalized spacial score (nSPS) is 12.7. The lowest BCUT2D eigenvalue weighted by atomic mass is 9.99. The topological polar surface area (TPSA) is 12.9 Å². The Balaban J connectivity index is 2.10. The van der Waals surface area contributed by atoms with Crippen LogP contribution in [0.5, 0.6) is 0 Å². The van der Waals surface area contributed by atoms with Gasteiger partial charge in [0.2, 0.25) is 0 Å². The molecule has 0 amide bonds. The van der Waals surface area contributed by atoms with E-state index >= 15 is 0 Å². The van der Waals surface area contributed by atoms with Crippen LogP contribution in [0.3, 0.4) is 0 Å². The minimum absolute atomic E-state index is 0.896. The van der Waals surface area contributed by atoms with Gasteiger partial charge in [-0.3, -0.25) is 4.98 Å². The molecule has 0 aliphatic rings. The van der Waals surface area contributed by atoms with Crippen LogP contribution >= 0.6 is 0 Å². The van der Waals surface area contributed by atoms with Crippen molar-refractivity contribution in [3.8, 4) is 0 Å². The molecule has 1 rings (SSSR count). The summed E-state index contributed by atoms with van der Waals surface area (Å²) in [7, 11) is 0. The molecule has 1 heteroatoms. The van der Waals surface area contributed by atoms with E-state index in [1.807, 2.05) is 12.4 Å². The molecule has 1 aromatic heterocycles. The maximum Gasteiger partial charge on any atom is 0.0270 e. The summed E-state index contributed by atoms with van der Waals surface area (Å²) >= 11 is 0. The summed E-state index contributed by atoms with van der Waals surface area (Å²) < 4.78 is 0. The minimum atomic E-state index is 0.896. The van der Waals surface area contributed by atoms with Gasteiger partial charge in [0.05, 0.1) is 0 Å². The zero-order valence-electron chi connectivity index (χ0n) is 9.37. The molecule has 0 radical (unpaired) electrons. The number of rotatable bonds is 6. The van der Waals surface area contributed by atoms with E-state index in [0.717, 1.165) is 5.92 Å². The van der Waals surface area contributed by atoms with Crippen LogP contribution in [0.1, 0.15) is 45.1 Å². The molecular formula is C13H21N. The highest BCUT2D eigenvalue weighted by atomic mass is 14.6. The second-order valence-electron chi connectivity index (χ2n) is 4.11. The summed E-state index contributed by atoms with van der Waals surface area (Å²) in [4.78, 5) is 4.02. The molecule has 78 valence electrons. The molecule has 0 saturated carbocycles. The third kappa shape index (κ3) is 4.40. The van der Waals surface area contributed by atoms with Crippen LogP contribution in [-0.4, -0.2) is 4.98 Å². The third-order valence-corrected chi connectivity index (χ3v) is 2.86. The van der Waals surface area contributed by atoms with Gasteiger partial charge in [0.15, 0.2) is 0 Å². The van der Waals surface area contributed by atoms with Crippen molar-refractivity contribution in [3.63, 3.8) is 0 Å². The fourth-order valence-corrected chi connectivity index (χ4v) is 1.58. The summed E-state index contributed by atoms with van der Waals surface area (Å²) in [5.41, 5.74) is 1.42. The van der Waals surface area contributed by atoms with Crippen LogP contribution in [0, 0.1) is 5.92 Å². The fourth-order valence-electron chi connectivity index (χ4n) is 1.58. The smallest absolute Gasteiger partial charge is 0.0270 e. The Labute approximate surface area is 87.6 Å². The molecule has 0 spiro atoms. The third-order valence-electron chi connectivity index (χ3n) is 2.86. The van der Waals surface area contributed by atoms with E-state index < -0.39 is 0 Å². The number of hydrogen-bond acceptors (Lipinski definition) is 1. The Morgan fingerprint density at radius 3 is 2.57 bits per heavy atom. The Morgan fingerprint density at radius 1 is 1.21 bits per heavy atom. The van der Waals surface area contributed by atoms with Gasteiger partial charge in [-0.2, -0.15) is 0 Å². The fraction of sp³-hybridized carbons (Fsp3) is 0.615. The van der Waals surface area contributed by atoms with E-state index in [4.69, 9.17) is 0 Å². The molecule has 1 heterocycles. The highest BCUT2D eigenvalue weighted by Gasteiger charge is 1.98. The van der Waals surface area contributed by atoms with Gasteiger partial charge in [0.1, 0.15) is 0 Å². The lowest BCUT2D eigenvalue weighted by Gasteiger charge is -2.07. The van der Waals surface area contributed by atoms with E-state index in [9.17, 15) is 0 Å². The van der Waals surface area contributed by atoms with Crippen molar-refractivity contribution in [3.05, 3.63) is 30.1 Å². The van der Waals surface area contributed by atoms with Crippen molar-refractivity contribution in [1.82, 2.24) is 4.98 Å². The molecule has 1 aromatic rings. The Morgan fingerprint density at radius 2 is 1.93 bits per heavy atom. The van der Waals surface area contributed by atoms with Crippen LogP contribution in [-0.2, 0) is 6.42 Å². The van der Waals surface area contributed by atoms with E-state index in [0.29, 0.717) is 0 Å². The van der Waals surface area contributed by atoms with Crippen molar-refractivity contribution in [2.45, 2.75) is 46.0 Å². The molecule has 0 aliphatic carbocycles. The first kappa shape index (κ1) is 11.2. The number of pyridine rings is 1. The quantitative estimate of drug-likeness (QED) is 0.622. The summed E-state index contributed by atoms with van der Waals surface area (Å²) in [6, 6.07) is 4.23. The van der Waals surface area contributed by atoms with Crippen LogP contribution in [0.15, 0.2) is 24.5 Å². The van der Waals surface area contributed by atoms with Gasteiger partial charge < -0.3 is 0 Å². The predicted octanol–water partition coefficient (Wildman–Crippen LogP) is 3.84. The van der Waals surface area contributed by atoms with Gasteiger partial charge >= 0.3 is 0 Å². The standard InChI is InChI=1S/C13H21N/c1-3-12(2)6-4-5-7-13-8-10-14-11-9-13/h8-12H,3-7H2,1-2H3. The molecule has 0 N–H and O–H groups in total. The average molecular weight is 191 g/mol. The van der Waals surface area contributed by atoms with Crippen molar-refractivity contribution in [1.29, 1.82) is 0 Å². The zero-order chi connectivity index (χ0) is 10.2. The van der Waals surface area contributed by atoms with Crippen LogP contribution in [0.4, 0.5) is 0 Å². The highest BCUT2D eigenvalue weighted by Crippen LogP contribution is 2.12. The number of nitrogens with zero attached hydrogens (tertiary/aromatic N) is 1. The Kier molecular flexibility index (Phi) is 5.28. The van der Waals surface area contributed by atoms with Crippen LogP contribution < -0.4 is 0 Å². The first-order chi connectivity index (χ1) is 6.83. The average Bonchev–Trinajstić information content (AvgIpc) is 2.25. The van der Waals surface area contributed by atoms with Crippen LogP contribution in [0.2, 0.25) is 0 Å². The summed E-state index contributed by atoms with van der Waals surface area (Å²) in [5.74, 6) is 0.896. The van der Waals surface area contributed by atoms with E-state index in [1.165, 1.54) is 37.7 Å². The van der Waals surface area contributed by atoms with Gasteiger partial charge in [0.25, 0.3) is 0 Å². The number of aryl methyl sites for hydroxylation is 1. The first-order valence-corrected chi connectivity index (χ1v) is 5.71. The number of unbranched alkanes of at least 4 members (excludes halogenated alkanes) is 1. The van der Waals surface area contributed by atoms with E-state index in [1.54, 1.807) is 0 Å².